The van der Waals surface area contributed by atoms with E-state index >= 15 is 0 Å². The summed E-state index contributed by atoms with van der Waals surface area (Å²) >= 11 is 0. The van der Waals surface area contributed by atoms with Crippen LogP contribution >= 0.6 is 0 Å². The van der Waals surface area contributed by atoms with Crippen molar-refractivity contribution in [3.8, 4) is 0 Å². The molecule has 104 valence electrons. The Kier molecular flexibility index (Phi) is 4.76. The van der Waals surface area contributed by atoms with E-state index in [-0.39, 0.29) is 19.1 Å². The Morgan fingerprint density at radius 3 is 3.21 bits per heavy atom. The van der Waals surface area contributed by atoms with Crippen molar-refractivity contribution >= 4 is 11.6 Å². The molecule has 0 saturated heterocycles. The Balaban J connectivity index is 2.03. The zero-order valence-electron chi connectivity index (χ0n) is 11.1. The zero-order chi connectivity index (χ0) is 13.7. The molecule has 1 amide bonds. The molecule has 5 nitrogen and oxygen atoms in total. The Labute approximate surface area is 113 Å². The quantitative estimate of drug-likeness (QED) is 0.735. The molecule has 0 aliphatic carbocycles. The summed E-state index contributed by atoms with van der Waals surface area (Å²) < 4.78 is 4.82. The van der Waals surface area contributed by atoms with Crippen molar-refractivity contribution in [3.63, 3.8) is 0 Å². The summed E-state index contributed by atoms with van der Waals surface area (Å²) in [6.45, 7) is 1.36. The highest BCUT2D eigenvalue weighted by molar-refractivity contribution is 5.97. The highest BCUT2D eigenvalue weighted by Gasteiger charge is 2.17. The lowest BCUT2D eigenvalue weighted by Crippen LogP contribution is -2.35. The fourth-order valence-electron chi connectivity index (χ4n) is 2.28. The van der Waals surface area contributed by atoms with Crippen molar-refractivity contribution in [1.82, 2.24) is 5.32 Å². The second kappa shape index (κ2) is 6.54. The summed E-state index contributed by atoms with van der Waals surface area (Å²) in [5, 5.41) is 15.6. The molecular weight excluding hydrogens is 244 g/mol. The van der Waals surface area contributed by atoms with Crippen molar-refractivity contribution in [3.05, 3.63) is 29.3 Å². The molecule has 3 N–H and O–H groups in total. The molecule has 0 aromatic heterocycles. The van der Waals surface area contributed by atoms with Gasteiger partial charge in [0.05, 0.1) is 12.7 Å². The molecule has 1 aromatic rings. The van der Waals surface area contributed by atoms with Crippen LogP contribution < -0.4 is 10.6 Å². The fourth-order valence-corrected chi connectivity index (χ4v) is 2.28. The maximum Gasteiger partial charge on any atom is 0.251 e. The van der Waals surface area contributed by atoms with E-state index < -0.39 is 6.10 Å². The standard InChI is InChI=1S/C14H20N2O3/c1-19-9-10(17)8-16-14(18)12-4-2-6-13-11(12)5-3-7-15-13/h2,4,6,10,15,17H,3,5,7-9H2,1H3,(H,16,18). The molecule has 0 spiro atoms. The third-order valence-electron chi connectivity index (χ3n) is 3.20. The van der Waals surface area contributed by atoms with Gasteiger partial charge in [-0.05, 0) is 30.5 Å². The topological polar surface area (TPSA) is 70.6 Å². The molecule has 1 unspecified atom stereocenters. The number of hydrogen-bond donors (Lipinski definition) is 3. The van der Waals surface area contributed by atoms with E-state index in [0.717, 1.165) is 30.6 Å². The molecule has 1 heterocycles. The van der Waals surface area contributed by atoms with Gasteiger partial charge < -0.3 is 20.5 Å². The number of nitrogens with one attached hydrogen (secondary N) is 2. The van der Waals surface area contributed by atoms with Gasteiger partial charge in [0.1, 0.15) is 0 Å². The second-order valence-corrected chi connectivity index (χ2v) is 4.68. The van der Waals surface area contributed by atoms with Gasteiger partial charge in [0, 0.05) is 31.5 Å². The number of hydrogen-bond acceptors (Lipinski definition) is 4. The van der Waals surface area contributed by atoms with Gasteiger partial charge in [-0.3, -0.25) is 4.79 Å². The maximum absolute atomic E-state index is 12.1. The first-order valence-electron chi connectivity index (χ1n) is 6.53. The van der Waals surface area contributed by atoms with Crippen molar-refractivity contribution in [2.45, 2.75) is 18.9 Å². The van der Waals surface area contributed by atoms with Crippen molar-refractivity contribution in [1.29, 1.82) is 0 Å². The first-order valence-corrected chi connectivity index (χ1v) is 6.53. The molecule has 5 heteroatoms. The normalized spacial score (nSPS) is 15.3. The van der Waals surface area contributed by atoms with E-state index in [4.69, 9.17) is 4.74 Å². The van der Waals surface area contributed by atoms with Gasteiger partial charge in [-0.15, -0.1) is 0 Å². The number of rotatable bonds is 5. The number of benzene rings is 1. The summed E-state index contributed by atoms with van der Waals surface area (Å²) in [5.74, 6) is -0.143. The van der Waals surface area contributed by atoms with Gasteiger partial charge in [0.2, 0.25) is 0 Å². The Morgan fingerprint density at radius 2 is 2.42 bits per heavy atom. The van der Waals surface area contributed by atoms with E-state index in [2.05, 4.69) is 10.6 Å². The summed E-state index contributed by atoms with van der Waals surface area (Å²) in [6.07, 6.45) is 1.27. The van der Waals surface area contributed by atoms with E-state index in [1.54, 1.807) is 0 Å². The smallest absolute Gasteiger partial charge is 0.251 e. The number of methoxy groups -OCH3 is 1. The first-order chi connectivity index (χ1) is 9.22. The Hall–Kier alpha value is -1.59. The van der Waals surface area contributed by atoms with Crippen LogP contribution in [-0.2, 0) is 11.2 Å². The number of carbonyl (C=O) groups is 1. The van der Waals surface area contributed by atoms with Crippen molar-refractivity contribution in [2.24, 2.45) is 0 Å². The largest absolute Gasteiger partial charge is 0.389 e. The number of amides is 1. The van der Waals surface area contributed by atoms with Crippen LogP contribution in [0.25, 0.3) is 0 Å². The molecular formula is C14H20N2O3. The second-order valence-electron chi connectivity index (χ2n) is 4.68. The highest BCUT2D eigenvalue weighted by Crippen LogP contribution is 2.25. The summed E-state index contributed by atoms with van der Waals surface area (Å²) in [6, 6.07) is 5.69. The summed E-state index contributed by atoms with van der Waals surface area (Å²) in [7, 11) is 1.52. The van der Waals surface area contributed by atoms with Crippen LogP contribution in [0, 0.1) is 0 Å². The fraction of sp³-hybridized carbons (Fsp3) is 0.500. The Morgan fingerprint density at radius 1 is 1.58 bits per heavy atom. The number of ether oxygens (including phenoxy) is 1. The SMILES string of the molecule is COCC(O)CNC(=O)c1cccc2c1CCCN2. The van der Waals surface area contributed by atoms with E-state index in [0.29, 0.717) is 5.56 Å². The number of fused-ring (bicyclic) bond motifs is 1. The van der Waals surface area contributed by atoms with E-state index in [1.807, 2.05) is 18.2 Å². The molecule has 1 aromatic carbocycles. The van der Waals surface area contributed by atoms with Gasteiger partial charge in [-0.1, -0.05) is 6.07 Å². The van der Waals surface area contributed by atoms with Crippen LogP contribution in [0.1, 0.15) is 22.3 Å². The minimum Gasteiger partial charge on any atom is -0.389 e. The third-order valence-corrected chi connectivity index (χ3v) is 3.20. The van der Waals surface area contributed by atoms with Gasteiger partial charge >= 0.3 is 0 Å². The lowest BCUT2D eigenvalue weighted by atomic mass is 9.97. The number of anilines is 1. The van der Waals surface area contributed by atoms with Gasteiger partial charge in [-0.2, -0.15) is 0 Å². The van der Waals surface area contributed by atoms with Crippen LogP contribution in [0.5, 0.6) is 0 Å². The van der Waals surface area contributed by atoms with Gasteiger partial charge in [-0.25, -0.2) is 0 Å². The Bertz CT molecular complexity index is 448. The molecule has 0 fully saturated rings. The number of aliphatic hydroxyl groups is 1. The first kappa shape index (κ1) is 13.8. The van der Waals surface area contributed by atoms with Crippen molar-refractivity contribution < 1.29 is 14.6 Å². The lowest BCUT2D eigenvalue weighted by Gasteiger charge is -2.21. The van der Waals surface area contributed by atoms with Crippen LogP contribution in [0.15, 0.2) is 18.2 Å². The van der Waals surface area contributed by atoms with Crippen LogP contribution in [0.4, 0.5) is 5.69 Å². The lowest BCUT2D eigenvalue weighted by molar-refractivity contribution is 0.0609. The summed E-state index contributed by atoms with van der Waals surface area (Å²) in [4.78, 5) is 12.1. The maximum atomic E-state index is 12.1. The van der Waals surface area contributed by atoms with Gasteiger partial charge in [0.25, 0.3) is 5.91 Å². The van der Waals surface area contributed by atoms with Crippen molar-refractivity contribution in [2.75, 3.05) is 32.1 Å². The summed E-state index contributed by atoms with van der Waals surface area (Å²) in [5.41, 5.74) is 2.79. The average molecular weight is 264 g/mol. The predicted molar refractivity (Wildman–Crippen MR) is 73.5 cm³/mol. The van der Waals surface area contributed by atoms with Crippen LogP contribution in [-0.4, -0.2) is 43.9 Å². The molecule has 1 atom stereocenters. The van der Waals surface area contributed by atoms with E-state index in [1.165, 1.54) is 7.11 Å². The third kappa shape index (κ3) is 3.45. The zero-order valence-corrected chi connectivity index (χ0v) is 11.1. The molecule has 0 radical (unpaired) electrons. The monoisotopic (exact) mass is 264 g/mol. The minimum absolute atomic E-state index is 0.143. The van der Waals surface area contributed by atoms with Gasteiger partial charge in [0.15, 0.2) is 0 Å². The van der Waals surface area contributed by atoms with Crippen LogP contribution in [0.2, 0.25) is 0 Å². The molecule has 1 aliphatic heterocycles. The predicted octanol–water partition coefficient (Wildman–Crippen LogP) is 0.782. The molecule has 0 bridgehead atoms. The highest BCUT2D eigenvalue weighted by atomic mass is 16.5. The molecule has 19 heavy (non-hydrogen) atoms. The van der Waals surface area contributed by atoms with E-state index in [9.17, 15) is 9.90 Å². The molecule has 0 saturated carbocycles. The number of aliphatic hydroxyl groups excluding tert-OH is 1. The number of carbonyl (C=O) groups excluding carboxylic acids is 1. The van der Waals surface area contributed by atoms with Crippen LogP contribution in [0.3, 0.4) is 0 Å². The minimum atomic E-state index is -0.674. The molecule has 2 rings (SSSR count). The molecule has 1 aliphatic rings. The average Bonchev–Trinajstić information content (AvgIpc) is 2.44.